The van der Waals surface area contributed by atoms with Crippen molar-refractivity contribution in [3.63, 3.8) is 0 Å². The fourth-order valence-electron chi connectivity index (χ4n) is 3.20. The highest BCUT2D eigenvalue weighted by Gasteiger charge is 2.41. The summed E-state index contributed by atoms with van der Waals surface area (Å²) in [6.07, 6.45) is -0.305. The molecule has 0 amide bonds. The number of nitrogens with zero attached hydrogens (tertiary/aromatic N) is 2. The highest BCUT2D eigenvalue weighted by molar-refractivity contribution is 5.25. The van der Waals surface area contributed by atoms with Crippen molar-refractivity contribution in [2.45, 2.75) is 38.1 Å². The van der Waals surface area contributed by atoms with Crippen LogP contribution in [0.4, 0.5) is 0 Å². The van der Waals surface area contributed by atoms with Gasteiger partial charge in [-0.1, -0.05) is 60.7 Å². The Morgan fingerprint density at radius 3 is 1.38 bits per heavy atom. The molecule has 0 aliphatic carbocycles. The standard InChI is InChI=1S/C20H24N2O2/c1-3-23-19-17(15-11-7-5-8-12-15)21-22-18(20(19)24-4-2)16-13-9-6-10-14-16/h5-14,17-20H,3-4H2,1-2H3/t17?,18?,19-,20-/m1/s1. The van der Waals surface area contributed by atoms with Gasteiger partial charge < -0.3 is 9.47 Å². The molecule has 2 aromatic carbocycles. The molecule has 2 unspecified atom stereocenters. The van der Waals surface area contributed by atoms with Crippen molar-refractivity contribution >= 4 is 0 Å². The van der Waals surface area contributed by atoms with Gasteiger partial charge >= 0.3 is 0 Å². The quantitative estimate of drug-likeness (QED) is 0.770. The second kappa shape index (κ2) is 8.18. The fourth-order valence-corrected chi connectivity index (χ4v) is 3.20. The number of hydrogen-bond acceptors (Lipinski definition) is 4. The molecule has 1 heterocycles. The molecule has 0 radical (unpaired) electrons. The third-order valence-corrected chi connectivity index (χ3v) is 4.26. The molecule has 1 aliphatic rings. The molecule has 0 spiro atoms. The minimum Gasteiger partial charge on any atom is -0.373 e. The largest absolute Gasteiger partial charge is 0.373 e. The smallest absolute Gasteiger partial charge is 0.125 e. The first-order valence-electron chi connectivity index (χ1n) is 8.58. The minimum atomic E-state index is -0.153. The Kier molecular flexibility index (Phi) is 5.72. The molecule has 0 N–H and O–H groups in total. The van der Waals surface area contributed by atoms with Crippen LogP contribution in [0.15, 0.2) is 70.9 Å². The molecule has 1 aliphatic heterocycles. The van der Waals surface area contributed by atoms with Gasteiger partial charge in [-0.15, -0.1) is 0 Å². The molecular formula is C20H24N2O2. The van der Waals surface area contributed by atoms with Crippen molar-refractivity contribution in [3.8, 4) is 0 Å². The summed E-state index contributed by atoms with van der Waals surface area (Å²) >= 11 is 0. The van der Waals surface area contributed by atoms with E-state index < -0.39 is 0 Å². The molecule has 4 nitrogen and oxygen atoms in total. The van der Waals surface area contributed by atoms with Crippen LogP contribution in [0.5, 0.6) is 0 Å². The third-order valence-electron chi connectivity index (χ3n) is 4.26. The molecule has 0 saturated heterocycles. The van der Waals surface area contributed by atoms with Gasteiger partial charge in [-0.25, -0.2) is 0 Å². The Hall–Kier alpha value is -2.04. The summed E-state index contributed by atoms with van der Waals surface area (Å²) in [5.74, 6) is 0. The Morgan fingerprint density at radius 1 is 0.667 bits per heavy atom. The summed E-state index contributed by atoms with van der Waals surface area (Å²) in [7, 11) is 0. The van der Waals surface area contributed by atoms with Crippen LogP contribution in [-0.4, -0.2) is 25.4 Å². The van der Waals surface area contributed by atoms with E-state index in [1.165, 1.54) is 0 Å². The van der Waals surface area contributed by atoms with Gasteiger partial charge in [0.25, 0.3) is 0 Å². The van der Waals surface area contributed by atoms with Gasteiger partial charge in [-0.3, -0.25) is 0 Å². The maximum Gasteiger partial charge on any atom is 0.125 e. The Bertz CT molecular complexity index is 588. The maximum absolute atomic E-state index is 6.09. The molecule has 24 heavy (non-hydrogen) atoms. The summed E-state index contributed by atoms with van der Waals surface area (Å²) in [6.45, 7) is 5.26. The van der Waals surface area contributed by atoms with Gasteiger partial charge in [0.1, 0.15) is 24.3 Å². The molecule has 2 aromatic rings. The van der Waals surface area contributed by atoms with Crippen molar-refractivity contribution in [2.24, 2.45) is 10.2 Å². The Morgan fingerprint density at radius 2 is 1.04 bits per heavy atom. The summed E-state index contributed by atoms with van der Waals surface area (Å²) < 4.78 is 12.2. The molecule has 0 aromatic heterocycles. The van der Waals surface area contributed by atoms with Crippen molar-refractivity contribution in [3.05, 3.63) is 71.8 Å². The number of rotatable bonds is 6. The lowest BCUT2D eigenvalue weighted by Gasteiger charge is -2.37. The van der Waals surface area contributed by atoms with Gasteiger partial charge in [0.15, 0.2) is 0 Å². The van der Waals surface area contributed by atoms with Crippen LogP contribution in [0.25, 0.3) is 0 Å². The normalized spacial score (nSPS) is 26.4. The minimum absolute atomic E-state index is 0.136. The van der Waals surface area contributed by atoms with E-state index in [1.807, 2.05) is 50.2 Å². The first kappa shape index (κ1) is 16.8. The highest BCUT2D eigenvalue weighted by atomic mass is 16.5. The topological polar surface area (TPSA) is 43.2 Å². The summed E-state index contributed by atoms with van der Waals surface area (Å²) in [5.41, 5.74) is 2.21. The van der Waals surface area contributed by atoms with Crippen molar-refractivity contribution in [2.75, 3.05) is 13.2 Å². The predicted octanol–water partition coefficient (Wildman–Crippen LogP) is 4.75. The van der Waals surface area contributed by atoms with Crippen LogP contribution in [0.2, 0.25) is 0 Å². The number of azo groups is 1. The van der Waals surface area contributed by atoms with E-state index in [2.05, 4.69) is 34.5 Å². The van der Waals surface area contributed by atoms with E-state index in [-0.39, 0.29) is 24.3 Å². The molecule has 0 fully saturated rings. The van der Waals surface area contributed by atoms with Gasteiger partial charge in [0, 0.05) is 13.2 Å². The number of hydrogen-bond donors (Lipinski definition) is 0. The average molecular weight is 324 g/mol. The van der Waals surface area contributed by atoms with E-state index in [4.69, 9.17) is 9.47 Å². The monoisotopic (exact) mass is 324 g/mol. The van der Waals surface area contributed by atoms with Crippen LogP contribution < -0.4 is 0 Å². The number of ether oxygens (including phenoxy) is 2. The van der Waals surface area contributed by atoms with Crippen LogP contribution in [-0.2, 0) is 9.47 Å². The summed E-state index contributed by atoms with van der Waals surface area (Å²) in [5, 5.41) is 9.22. The molecule has 4 atom stereocenters. The van der Waals surface area contributed by atoms with Crippen LogP contribution in [0.1, 0.15) is 37.1 Å². The lowest BCUT2D eigenvalue weighted by Crippen LogP contribution is -2.42. The Balaban J connectivity index is 1.98. The van der Waals surface area contributed by atoms with E-state index in [0.717, 1.165) is 11.1 Å². The van der Waals surface area contributed by atoms with Gasteiger partial charge in [-0.05, 0) is 25.0 Å². The second-order valence-electron chi connectivity index (χ2n) is 5.78. The van der Waals surface area contributed by atoms with Crippen molar-refractivity contribution < 1.29 is 9.47 Å². The van der Waals surface area contributed by atoms with Gasteiger partial charge in [0.2, 0.25) is 0 Å². The van der Waals surface area contributed by atoms with E-state index >= 15 is 0 Å². The fraction of sp³-hybridized carbons (Fsp3) is 0.400. The molecule has 0 bridgehead atoms. The molecule has 0 saturated carbocycles. The molecule has 126 valence electrons. The number of benzene rings is 2. The zero-order valence-corrected chi connectivity index (χ0v) is 14.2. The van der Waals surface area contributed by atoms with Crippen LogP contribution in [0.3, 0.4) is 0 Å². The second-order valence-corrected chi connectivity index (χ2v) is 5.78. The molecule has 3 rings (SSSR count). The maximum atomic E-state index is 6.09. The highest BCUT2D eigenvalue weighted by Crippen LogP contribution is 2.39. The van der Waals surface area contributed by atoms with Gasteiger partial charge in [0.05, 0.1) is 0 Å². The first-order valence-corrected chi connectivity index (χ1v) is 8.58. The lowest BCUT2D eigenvalue weighted by molar-refractivity contribution is -0.0991. The first-order chi connectivity index (χ1) is 11.8. The third kappa shape index (κ3) is 3.55. The lowest BCUT2D eigenvalue weighted by atomic mass is 9.89. The predicted molar refractivity (Wildman–Crippen MR) is 94.1 cm³/mol. The van der Waals surface area contributed by atoms with Gasteiger partial charge in [-0.2, -0.15) is 10.2 Å². The Labute approximate surface area is 143 Å². The van der Waals surface area contributed by atoms with Crippen molar-refractivity contribution in [1.82, 2.24) is 0 Å². The zero-order valence-electron chi connectivity index (χ0n) is 14.2. The average Bonchev–Trinajstić information content (AvgIpc) is 2.65. The van der Waals surface area contributed by atoms with Crippen LogP contribution >= 0.6 is 0 Å². The molecular weight excluding hydrogens is 300 g/mol. The van der Waals surface area contributed by atoms with E-state index in [0.29, 0.717) is 13.2 Å². The SMILES string of the molecule is CCO[C@@H]1C(c2ccccc2)N=NC(c2ccccc2)[C@H]1OCC. The molecule has 4 heteroatoms. The van der Waals surface area contributed by atoms with Crippen molar-refractivity contribution in [1.29, 1.82) is 0 Å². The van der Waals surface area contributed by atoms with E-state index in [9.17, 15) is 0 Å². The van der Waals surface area contributed by atoms with E-state index in [1.54, 1.807) is 0 Å². The summed E-state index contributed by atoms with van der Waals surface area (Å²) in [6, 6.07) is 20.1. The van der Waals surface area contributed by atoms with Crippen LogP contribution in [0, 0.1) is 0 Å². The zero-order chi connectivity index (χ0) is 16.8. The summed E-state index contributed by atoms with van der Waals surface area (Å²) in [4.78, 5) is 0.